The van der Waals surface area contributed by atoms with Gasteiger partial charge in [0.2, 0.25) is 5.91 Å². The summed E-state index contributed by atoms with van der Waals surface area (Å²) in [5.74, 6) is 0.157. The van der Waals surface area contributed by atoms with Gasteiger partial charge in [0.15, 0.2) is 0 Å². The molecule has 0 aliphatic rings. The molecule has 0 bridgehead atoms. The summed E-state index contributed by atoms with van der Waals surface area (Å²) in [5.41, 5.74) is 6.18. The molecule has 1 amide bonds. The second kappa shape index (κ2) is 8.06. The minimum Gasteiger partial charge on any atom is -0.374 e. The van der Waals surface area contributed by atoms with E-state index in [2.05, 4.69) is 35.7 Å². The first kappa shape index (κ1) is 15.8. The van der Waals surface area contributed by atoms with E-state index in [0.29, 0.717) is 12.5 Å². The van der Waals surface area contributed by atoms with E-state index in [-0.39, 0.29) is 12.5 Å². The van der Waals surface area contributed by atoms with Crippen molar-refractivity contribution >= 4 is 22.4 Å². The number of rotatable bonds is 9. The van der Waals surface area contributed by atoms with Crippen molar-refractivity contribution in [1.82, 2.24) is 14.5 Å². The first-order valence-electron chi connectivity index (χ1n) is 6.58. The second-order valence-corrected chi connectivity index (χ2v) is 5.76. The molecule has 0 aliphatic heterocycles. The molecule has 0 aromatic carbocycles. The number of primary amides is 1. The quantitative estimate of drug-likeness (QED) is 0.714. The molecule has 1 rings (SSSR count). The van der Waals surface area contributed by atoms with Gasteiger partial charge >= 0.3 is 0 Å². The molecule has 0 atom stereocenters. The number of aromatic nitrogens is 2. The van der Waals surface area contributed by atoms with Crippen molar-refractivity contribution in [3.8, 4) is 0 Å². The summed E-state index contributed by atoms with van der Waals surface area (Å²) in [6.45, 7) is 8.91. The van der Waals surface area contributed by atoms with Crippen LogP contribution in [0.2, 0.25) is 0 Å². The van der Waals surface area contributed by atoms with Gasteiger partial charge in [0, 0.05) is 31.2 Å². The molecular formula is C12H23N5OS. The normalized spacial score (nSPS) is 11.2. The van der Waals surface area contributed by atoms with Gasteiger partial charge < -0.3 is 11.1 Å². The number of carbonyl (C=O) groups is 1. The van der Waals surface area contributed by atoms with E-state index >= 15 is 0 Å². The van der Waals surface area contributed by atoms with Crippen LogP contribution in [0, 0.1) is 5.92 Å². The van der Waals surface area contributed by atoms with Crippen molar-refractivity contribution in [3.63, 3.8) is 0 Å². The first-order valence-corrected chi connectivity index (χ1v) is 7.36. The molecule has 1 heterocycles. The second-order valence-electron chi connectivity index (χ2n) is 5.01. The third-order valence-electron chi connectivity index (χ3n) is 2.47. The lowest BCUT2D eigenvalue weighted by atomic mass is 10.2. The molecule has 7 heteroatoms. The third-order valence-corrected chi connectivity index (χ3v) is 3.19. The van der Waals surface area contributed by atoms with Gasteiger partial charge in [0.1, 0.15) is 10.7 Å². The van der Waals surface area contributed by atoms with Crippen LogP contribution < -0.4 is 11.1 Å². The van der Waals surface area contributed by atoms with Crippen LogP contribution in [0.25, 0.3) is 0 Å². The topological polar surface area (TPSA) is 84.1 Å². The molecule has 1 aromatic rings. The van der Waals surface area contributed by atoms with Crippen LogP contribution in [-0.4, -0.2) is 40.0 Å². The number of nitrogens with one attached hydrogen (secondary N) is 1. The van der Waals surface area contributed by atoms with Crippen molar-refractivity contribution in [3.05, 3.63) is 5.69 Å². The van der Waals surface area contributed by atoms with E-state index in [9.17, 15) is 4.79 Å². The Morgan fingerprint density at radius 1 is 1.53 bits per heavy atom. The van der Waals surface area contributed by atoms with E-state index in [4.69, 9.17) is 5.73 Å². The van der Waals surface area contributed by atoms with E-state index in [1.54, 1.807) is 0 Å². The average molecular weight is 285 g/mol. The van der Waals surface area contributed by atoms with Crippen LogP contribution in [0.4, 0.5) is 5.00 Å². The molecule has 3 N–H and O–H groups in total. The van der Waals surface area contributed by atoms with E-state index < -0.39 is 0 Å². The summed E-state index contributed by atoms with van der Waals surface area (Å²) in [5, 5.41) is 8.43. The van der Waals surface area contributed by atoms with Crippen molar-refractivity contribution in [2.24, 2.45) is 11.7 Å². The monoisotopic (exact) mass is 285 g/mol. The highest BCUT2D eigenvalue weighted by atomic mass is 32.1. The highest BCUT2D eigenvalue weighted by molar-refractivity contribution is 7.10. The van der Waals surface area contributed by atoms with E-state index in [1.807, 2.05) is 4.90 Å². The molecule has 19 heavy (non-hydrogen) atoms. The Balaban J connectivity index is 2.66. The number of anilines is 1. The maximum atomic E-state index is 11.1. The van der Waals surface area contributed by atoms with Gasteiger partial charge in [-0.15, -0.1) is 5.10 Å². The van der Waals surface area contributed by atoms with Gasteiger partial charge in [-0.1, -0.05) is 25.3 Å². The van der Waals surface area contributed by atoms with Gasteiger partial charge in [-0.2, -0.15) is 0 Å². The number of hydrogen-bond donors (Lipinski definition) is 2. The SMILES string of the molecule is CCCNc1snnc1CN(CC(N)=O)CC(C)C. The van der Waals surface area contributed by atoms with Gasteiger partial charge in [-0.3, -0.25) is 9.69 Å². The standard InChI is InChI=1S/C12H23N5OS/c1-4-5-14-12-10(15-16-19-12)7-17(6-9(2)3)8-11(13)18/h9,14H,4-8H2,1-3H3,(H2,13,18). The highest BCUT2D eigenvalue weighted by Gasteiger charge is 2.15. The van der Waals surface area contributed by atoms with Gasteiger partial charge in [0.05, 0.1) is 6.54 Å². The van der Waals surface area contributed by atoms with Crippen molar-refractivity contribution in [2.45, 2.75) is 33.7 Å². The molecule has 0 saturated heterocycles. The molecule has 1 aromatic heterocycles. The fraction of sp³-hybridized carbons (Fsp3) is 0.750. The highest BCUT2D eigenvalue weighted by Crippen LogP contribution is 2.19. The van der Waals surface area contributed by atoms with Crippen LogP contribution in [-0.2, 0) is 11.3 Å². The fourth-order valence-corrected chi connectivity index (χ4v) is 2.42. The van der Waals surface area contributed by atoms with Crippen molar-refractivity contribution in [2.75, 3.05) is 25.0 Å². The minimum absolute atomic E-state index is 0.253. The lowest BCUT2D eigenvalue weighted by molar-refractivity contribution is -0.119. The van der Waals surface area contributed by atoms with Crippen LogP contribution >= 0.6 is 11.5 Å². The predicted molar refractivity (Wildman–Crippen MR) is 78.0 cm³/mol. The Bertz CT molecular complexity index is 393. The molecule has 0 fully saturated rings. The summed E-state index contributed by atoms with van der Waals surface area (Å²) in [6.07, 6.45) is 1.05. The van der Waals surface area contributed by atoms with Gasteiger partial charge in [-0.25, -0.2) is 0 Å². The Kier molecular flexibility index (Phi) is 6.72. The summed E-state index contributed by atoms with van der Waals surface area (Å²) in [6, 6.07) is 0. The zero-order valence-electron chi connectivity index (χ0n) is 11.8. The van der Waals surface area contributed by atoms with Crippen LogP contribution in [0.3, 0.4) is 0 Å². The molecule has 108 valence electrons. The van der Waals surface area contributed by atoms with Crippen LogP contribution in [0.1, 0.15) is 32.9 Å². The number of carbonyl (C=O) groups excluding carboxylic acids is 1. The molecular weight excluding hydrogens is 262 g/mol. The van der Waals surface area contributed by atoms with Gasteiger partial charge in [0.25, 0.3) is 0 Å². The average Bonchev–Trinajstić information content (AvgIpc) is 2.72. The molecule has 0 saturated carbocycles. The van der Waals surface area contributed by atoms with E-state index in [0.717, 1.165) is 30.2 Å². The Morgan fingerprint density at radius 2 is 2.26 bits per heavy atom. The number of nitrogens with zero attached hydrogens (tertiary/aromatic N) is 3. The van der Waals surface area contributed by atoms with E-state index in [1.165, 1.54) is 11.5 Å². The Labute approximate surface area is 118 Å². The molecule has 0 aliphatic carbocycles. The predicted octanol–water partition coefficient (Wildman–Crippen LogP) is 1.30. The van der Waals surface area contributed by atoms with Crippen LogP contribution in [0.15, 0.2) is 0 Å². The summed E-state index contributed by atoms with van der Waals surface area (Å²) in [7, 11) is 0. The molecule has 0 spiro atoms. The smallest absolute Gasteiger partial charge is 0.231 e. The summed E-state index contributed by atoms with van der Waals surface area (Å²) >= 11 is 1.35. The Morgan fingerprint density at radius 3 is 2.84 bits per heavy atom. The van der Waals surface area contributed by atoms with Crippen molar-refractivity contribution in [1.29, 1.82) is 0 Å². The maximum absolute atomic E-state index is 11.1. The molecule has 0 unspecified atom stereocenters. The molecule has 0 radical (unpaired) electrons. The number of nitrogens with two attached hydrogens (primary N) is 1. The summed E-state index contributed by atoms with van der Waals surface area (Å²) < 4.78 is 3.97. The fourth-order valence-electron chi connectivity index (χ4n) is 1.82. The molecule has 6 nitrogen and oxygen atoms in total. The van der Waals surface area contributed by atoms with Gasteiger partial charge in [-0.05, 0) is 12.3 Å². The lowest BCUT2D eigenvalue weighted by Gasteiger charge is -2.22. The number of amides is 1. The maximum Gasteiger partial charge on any atom is 0.231 e. The Hall–Kier alpha value is -1.21. The minimum atomic E-state index is -0.313. The first-order chi connectivity index (χ1) is 9.02. The number of hydrogen-bond acceptors (Lipinski definition) is 6. The zero-order valence-corrected chi connectivity index (χ0v) is 12.7. The largest absolute Gasteiger partial charge is 0.374 e. The third kappa shape index (κ3) is 5.98. The summed E-state index contributed by atoms with van der Waals surface area (Å²) in [4.78, 5) is 13.1. The van der Waals surface area contributed by atoms with Crippen LogP contribution in [0.5, 0.6) is 0 Å². The lowest BCUT2D eigenvalue weighted by Crippen LogP contribution is -2.36. The van der Waals surface area contributed by atoms with Crippen molar-refractivity contribution < 1.29 is 4.79 Å². The zero-order chi connectivity index (χ0) is 14.3.